The van der Waals surface area contributed by atoms with Crippen LogP contribution < -0.4 is 5.32 Å². The van der Waals surface area contributed by atoms with Crippen molar-refractivity contribution in [1.82, 2.24) is 24.9 Å². The molecule has 7 saturated heterocycles. The van der Waals surface area contributed by atoms with Gasteiger partial charge in [0.15, 0.2) is 5.78 Å². The molecule has 16 heteroatoms. The van der Waals surface area contributed by atoms with Gasteiger partial charge in [0.25, 0.3) is 0 Å². The summed E-state index contributed by atoms with van der Waals surface area (Å²) >= 11 is 5.36. The Labute approximate surface area is 395 Å². The Morgan fingerprint density at radius 1 is 0.672 bits per heavy atom. The molecule has 2 saturated carbocycles. The molecule has 2 spiro atoms. The Morgan fingerprint density at radius 3 is 1.56 bits per heavy atom. The number of piperidine rings is 2. The van der Waals surface area contributed by atoms with Crippen molar-refractivity contribution in [3.05, 3.63) is 0 Å². The van der Waals surface area contributed by atoms with Crippen molar-refractivity contribution in [3.8, 4) is 0 Å². The molecule has 0 aromatic rings. The van der Waals surface area contributed by atoms with E-state index in [0.717, 1.165) is 69.1 Å². The zero-order valence-electron chi connectivity index (χ0n) is 39.5. The number of carboxylic acid groups (broad SMARTS) is 1. The summed E-state index contributed by atoms with van der Waals surface area (Å²) < 4.78 is 0. The summed E-state index contributed by atoms with van der Waals surface area (Å²) in [5, 5.41) is 13.8. The predicted molar refractivity (Wildman–Crippen MR) is 256 cm³/mol. The van der Waals surface area contributed by atoms with Gasteiger partial charge in [-0.15, -0.1) is 35.3 Å². The van der Waals surface area contributed by atoms with Gasteiger partial charge in [-0.2, -0.15) is 0 Å². The molecule has 0 radical (unpaired) electrons. The molecular formula is C48H77N5O8S3. The van der Waals surface area contributed by atoms with Crippen LogP contribution in [0.3, 0.4) is 0 Å². The summed E-state index contributed by atoms with van der Waals surface area (Å²) in [5.74, 6) is 1.29. The maximum absolute atomic E-state index is 13.0. The highest BCUT2D eigenvalue weighted by molar-refractivity contribution is 8.00. The summed E-state index contributed by atoms with van der Waals surface area (Å²) in [5.41, 5.74) is -0.239. The molecule has 7 aliphatic heterocycles. The van der Waals surface area contributed by atoms with Crippen molar-refractivity contribution in [3.63, 3.8) is 0 Å². The van der Waals surface area contributed by atoms with Gasteiger partial charge in [-0.05, 0) is 121 Å². The Bertz CT molecular complexity index is 1640. The first-order chi connectivity index (χ1) is 30.4. The number of carboxylic acids is 1. The fraction of sp³-hybridized carbons (Fsp3) is 0.854. The van der Waals surface area contributed by atoms with Crippen LogP contribution in [-0.4, -0.2) is 142 Å². The van der Waals surface area contributed by atoms with Crippen molar-refractivity contribution < 1.29 is 38.7 Å². The first kappa shape index (κ1) is 51.1. The van der Waals surface area contributed by atoms with E-state index in [-0.39, 0.29) is 46.2 Å². The largest absolute Gasteiger partial charge is 0.480 e. The second-order valence-electron chi connectivity index (χ2n) is 20.8. The van der Waals surface area contributed by atoms with Gasteiger partial charge in [-0.25, -0.2) is 4.79 Å². The van der Waals surface area contributed by atoms with Crippen LogP contribution in [0.5, 0.6) is 0 Å². The number of ketones is 1. The van der Waals surface area contributed by atoms with Gasteiger partial charge < -0.3 is 34.8 Å². The summed E-state index contributed by atoms with van der Waals surface area (Å²) in [6, 6.07) is -0.311. The van der Waals surface area contributed by atoms with Crippen LogP contribution in [0.15, 0.2) is 0 Å². The van der Waals surface area contributed by atoms with E-state index in [4.69, 9.17) is 0 Å². The predicted octanol–water partition coefficient (Wildman–Crippen LogP) is 7.48. The highest BCUT2D eigenvalue weighted by Crippen LogP contribution is 2.48. The van der Waals surface area contributed by atoms with Crippen LogP contribution in [0, 0.1) is 10.8 Å². The highest BCUT2D eigenvalue weighted by atomic mass is 32.2. The standard InChI is InChI=1S/C14H20N2O3S.C13H18N2O4S.C12H23NS.C9H16O/c1-9(17)11-8-20-12-4-6-14(13(19)16(11)12)5-3-7-15(14)10(2)18;1-8(16)14-6-2-4-13(14)5-3-10-15(12(13)19)9(7-20-10)11(17)18;1-10-9-14-11(13-10)5-8-12(2)6-3-4-7-12;1-9(7-4-8-10)5-2-3-6-9/h11-12H,3-8H2,1-2H3;9-10H,2-7H2,1H3,(H,17,18);10-11,13H,3-9H2,1-2H3;8H,2-7H2,1H3/t11-,12?,14?;9-,10?,13?;10-,11?;/m001./s1. The molecule has 8 atom stereocenters. The topological polar surface area (TPSA) is 165 Å². The molecule has 0 bridgehead atoms. The van der Waals surface area contributed by atoms with Gasteiger partial charge in [0.1, 0.15) is 29.4 Å². The van der Waals surface area contributed by atoms with E-state index in [1.54, 1.807) is 33.4 Å². The number of nitrogens with zero attached hydrogens (tertiary/aromatic N) is 4. The number of amides is 4. The zero-order chi connectivity index (χ0) is 46.5. The number of carbonyl (C=O) groups excluding carboxylic acids is 6. The maximum atomic E-state index is 13.0. The van der Waals surface area contributed by atoms with E-state index in [1.165, 1.54) is 100 Å². The minimum atomic E-state index is -0.947. The van der Waals surface area contributed by atoms with Crippen molar-refractivity contribution >= 4 is 77.0 Å². The fourth-order valence-corrected chi connectivity index (χ4v) is 16.5. The van der Waals surface area contributed by atoms with E-state index >= 15 is 0 Å². The minimum Gasteiger partial charge on any atom is -0.480 e. The highest BCUT2D eigenvalue weighted by Gasteiger charge is 2.59. The molecule has 360 valence electrons. The van der Waals surface area contributed by atoms with Gasteiger partial charge in [0.05, 0.1) is 16.1 Å². The van der Waals surface area contributed by atoms with Crippen molar-refractivity contribution in [2.45, 2.75) is 215 Å². The summed E-state index contributed by atoms with van der Waals surface area (Å²) in [6.07, 6.45) is 23.2. The Balaban J connectivity index is 0.000000146. The molecule has 4 amide bonds. The molecule has 2 N–H and O–H groups in total. The van der Waals surface area contributed by atoms with E-state index in [2.05, 4.69) is 37.8 Å². The normalized spacial score (nSPS) is 34.4. The summed E-state index contributed by atoms with van der Waals surface area (Å²) in [7, 11) is 0. The lowest BCUT2D eigenvalue weighted by molar-refractivity contribution is -0.161. The van der Waals surface area contributed by atoms with E-state index < -0.39 is 23.1 Å². The second-order valence-corrected chi connectivity index (χ2v) is 24.5. The molecule has 0 aromatic carbocycles. The van der Waals surface area contributed by atoms with Crippen LogP contribution in [0.1, 0.15) is 170 Å². The number of hydrogen-bond acceptors (Lipinski definition) is 11. The molecule has 9 aliphatic rings. The first-order valence-corrected chi connectivity index (χ1v) is 27.5. The SMILES string of the molecule is CC(=O)N1CCCC12CCC1SC[C@@H](C(=O)O)N1C2=O.CC(=O)[C@@H]1CSC2CCC3(CCCN3C(C)=O)C(=O)N21.CC1(CCC=O)CCCC1.C[C@@H]1CSC(CCC2(C)CCCC2)N1. The van der Waals surface area contributed by atoms with Gasteiger partial charge in [0.2, 0.25) is 23.6 Å². The fourth-order valence-electron chi connectivity index (χ4n) is 12.4. The van der Waals surface area contributed by atoms with E-state index in [0.29, 0.717) is 48.3 Å². The second kappa shape index (κ2) is 21.8. The van der Waals surface area contributed by atoms with E-state index in [9.17, 15) is 38.7 Å². The van der Waals surface area contributed by atoms with E-state index in [1.807, 2.05) is 0 Å². The third-order valence-electron chi connectivity index (χ3n) is 16.1. The van der Waals surface area contributed by atoms with Gasteiger partial charge in [-0.1, -0.05) is 39.5 Å². The number of nitrogens with one attached hydrogen (secondary N) is 1. The van der Waals surface area contributed by atoms with Crippen molar-refractivity contribution in [2.75, 3.05) is 30.3 Å². The van der Waals surface area contributed by atoms with Gasteiger partial charge in [-0.3, -0.25) is 24.0 Å². The zero-order valence-corrected chi connectivity index (χ0v) is 42.0. The molecule has 9 fully saturated rings. The lowest BCUT2D eigenvalue weighted by atomic mass is 9.84. The Kier molecular flexibility index (Phi) is 17.4. The minimum absolute atomic E-state index is 0.00616. The average Bonchev–Trinajstić information content (AvgIpc) is 4.12. The quantitative estimate of drug-likeness (QED) is 0.231. The summed E-state index contributed by atoms with van der Waals surface area (Å²) in [6.45, 7) is 12.9. The number of fused-ring (bicyclic) bond motifs is 2. The number of hydrogen-bond donors (Lipinski definition) is 2. The lowest BCUT2D eigenvalue weighted by Crippen LogP contribution is -2.64. The third-order valence-corrected chi connectivity index (χ3v) is 20.2. The number of aldehydes is 1. The average molecular weight is 948 g/mol. The molecule has 9 rings (SSSR count). The third kappa shape index (κ3) is 11.2. The molecule has 64 heavy (non-hydrogen) atoms. The number of rotatable bonds is 8. The first-order valence-electron chi connectivity index (χ1n) is 24.4. The number of aliphatic carboxylic acids is 1. The molecule has 7 heterocycles. The molecular weight excluding hydrogens is 871 g/mol. The Hall–Kier alpha value is -2.30. The number of likely N-dealkylation sites (tertiary alicyclic amines) is 2. The lowest BCUT2D eigenvalue weighted by Gasteiger charge is -2.46. The van der Waals surface area contributed by atoms with Crippen molar-refractivity contribution in [1.29, 1.82) is 0 Å². The smallest absolute Gasteiger partial charge is 0.327 e. The number of Topliss-reactive ketones (excluding diaryl/α,β-unsaturated/α-hetero) is 1. The van der Waals surface area contributed by atoms with Crippen LogP contribution in [0.4, 0.5) is 0 Å². The van der Waals surface area contributed by atoms with Crippen LogP contribution in [0.25, 0.3) is 0 Å². The number of carbonyl (C=O) groups is 7. The molecule has 2 aliphatic carbocycles. The number of thioether (sulfide) groups is 3. The van der Waals surface area contributed by atoms with Crippen LogP contribution in [0.2, 0.25) is 0 Å². The Morgan fingerprint density at radius 2 is 1.14 bits per heavy atom. The van der Waals surface area contributed by atoms with Crippen LogP contribution in [-0.2, 0) is 33.6 Å². The molecule has 5 unspecified atom stereocenters. The van der Waals surface area contributed by atoms with Crippen molar-refractivity contribution in [2.24, 2.45) is 10.8 Å². The molecule has 0 aromatic heterocycles. The molecule has 13 nitrogen and oxygen atoms in total. The van der Waals surface area contributed by atoms with Gasteiger partial charge in [0, 0.05) is 56.7 Å². The van der Waals surface area contributed by atoms with Gasteiger partial charge >= 0.3 is 5.97 Å². The summed E-state index contributed by atoms with van der Waals surface area (Å²) in [4.78, 5) is 89.5. The maximum Gasteiger partial charge on any atom is 0.327 e. The van der Waals surface area contributed by atoms with Crippen LogP contribution >= 0.6 is 35.3 Å². The monoisotopic (exact) mass is 947 g/mol.